The molecular formula is C15H26. The van der Waals surface area contributed by atoms with Crippen LogP contribution >= 0.6 is 0 Å². The summed E-state index contributed by atoms with van der Waals surface area (Å²) in [7, 11) is 0. The van der Waals surface area contributed by atoms with E-state index >= 15 is 0 Å². The molecule has 15 heavy (non-hydrogen) atoms. The molecule has 0 aromatic carbocycles. The fourth-order valence-electron chi connectivity index (χ4n) is 1.42. The highest BCUT2D eigenvalue weighted by Gasteiger charge is 1.93. The van der Waals surface area contributed by atoms with Crippen molar-refractivity contribution in [2.24, 2.45) is 5.92 Å². The number of hydrogen-bond acceptors (Lipinski definition) is 0. The first-order valence-corrected chi connectivity index (χ1v) is 6.18. The van der Waals surface area contributed by atoms with Gasteiger partial charge in [0.15, 0.2) is 0 Å². The van der Waals surface area contributed by atoms with Crippen LogP contribution in [0.3, 0.4) is 0 Å². The van der Waals surface area contributed by atoms with E-state index in [-0.39, 0.29) is 0 Å². The molecule has 0 fully saturated rings. The summed E-state index contributed by atoms with van der Waals surface area (Å²) in [5.74, 6) is 0.799. The molecule has 0 aromatic rings. The second-order valence-electron chi connectivity index (χ2n) is 4.12. The van der Waals surface area contributed by atoms with Gasteiger partial charge in [0.1, 0.15) is 0 Å². The molecule has 0 aromatic heterocycles. The summed E-state index contributed by atoms with van der Waals surface area (Å²) in [4.78, 5) is 0. The Morgan fingerprint density at radius 2 is 1.47 bits per heavy atom. The molecule has 0 amide bonds. The van der Waals surface area contributed by atoms with E-state index in [4.69, 9.17) is 0 Å². The SMILES string of the molecule is C1=CCCC1.CC=CCC(C)CC=CC. The zero-order valence-corrected chi connectivity index (χ0v) is 10.6. The van der Waals surface area contributed by atoms with Crippen molar-refractivity contribution in [2.75, 3.05) is 0 Å². The molecule has 0 spiro atoms. The number of allylic oxidation sites excluding steroid dienone is 6. The topological polar surface area (TPSA) is 0 Å². The predicted octanol–water partition coefficient (Wildman–Crippen LogP) is 5.28. The van der Waals surface area contributed by atoms with Crippen LogP contribution in [0.4, 0.5) is 0 Å². The minimum atomic E-state index is 0.799. The van der Waals surface area contributed by atoms with E-state index in [0.29, 0.717) is 0 Å². The first kappa shape index (κ1) is 14.2. The van der Waals surface area contributed by atoms with Gasteiger partial charge in [-0.25, -0.2) is 0 Å². The number of rotatable bonds is 4. The Morgan fingerprint density at radius 3 is 1.73 bits per heavy atom. The first-order chi connectivity index (χ1) is 7.31. The molecular weight excluding hydrogens is 180 g/mol. The second-order valence-corrected chi connectivity index (χ2v) is 4.12. The Balaban J connectivity index is 0.000000322. The Morgan fingerprint density at radius 1 is 1.00 bits per heavy atom. The quantitative estimate of drug-likeness (QED) is 0.549. The first-order valence-electron chi connectivity index (χ1n) is 6.18. The summed E-state index contributed by atoms with van der Waals surface area (Å²) in [6.45, 7) is 6.42. The van der Waals surface area contributed by atoms with E-state index in [2.05, 4.69) is 57.2 Å². The van der Waals surface area contributed by atoms with Crippen LogP contribution in [0.15, 0.2) is 36.5 Å². The van der Waals surface area contributed by atoms with Crippen molar-refractivity contribution < 1.29 is 0 Å². The fraction of sp³-hybridized carbons (Fsp3) is 0.600. The summed E-state index contributed by atoms with van der Waals surface area (Å²) < 4.78 is 0. The van der Waals surface area contributed by atoms with Crippen LogP contribution < -0.4 is 0 Å². The lowest BCUT2D eigenvalue weighted by Gasteiger charge is -2.02. The van der Waals surface area contributed by atoms with Crippen LogP contribution in [0, 0.1) is 5.92 Å². The summed E-state index contributed by atoms with van der Waals surface area (Å²) in [5.41, 5.74) is 0. The van der Waals surface area contributed by atoms with E-state index in [1.807, 2.05) is 0 Å². The summed E-state index contributed by atoms with van der Waals surface area (Å²) >= 11 is 0. The largest absolute Gasteiger partial charge is 0.0917 e. The average Bonchev–Trinajstić information content (AvgIpc) is 2.82. The zero-order valence-electron chi connectivity index (χ0n) is 10.6. The summed E-state index contributed by atoms with van der Waals surface area (Å²) in [6.07, 6.45) is 19.6. The molecule has 0 N–H and O–H groups in total. The van der Waals surface area contributed by atoms with Gasteiger partial charge in [-0.1, -0.05) is 43.4 Å². The van der Waals surface area contributed by atoms with Crippen LogP contribution in [0.5, 0.6) is 0 Å². The molecule has 1 aliphatic carbocycles. The van der Waals surface area contributed by atoms with E-state index in [1.54, 1.807) is 0 Å². The van der Waals surface area contributed by atoms with Crippen molar-refractivity contribution in [1.82, 2.24) is 0 Å². The Labute approximate surface area is 95.8 Å². The number of hydrogen-bond donors (Lipinski definition) is 0. The van der Waals surface area contributed by atoms with Gasteiger partial charge in [0, 0.05) is 0 Å². The van der Waals surface area contributed by atoms with E-state index in [0.717, 1.165) is 5.92 Å². The minimum Gasteiger partial charge on any atom is -0.0917 e. The minimum absolute atomic E-state index is 0.799. The third kappa shape index (κ3) is 11.1. The molecule has 0 atom stereocenters. The van der Waals surface area contributed by atoms with Crippen molar-refractivity contribution in [1.29, 1.82) is 0 Å². The molecule has 1 rings (SSSR count). The molecule has 0 radical (unpaired) electrons. The molecule has 0 saturated heterocycles. The highest BCUT2D eigenvalue weighted by atomic mass is 14.0. The van der Waals surface area contributed by atoms with Crippen LogP contribution in [0.25, 0.3) is 0 Å². The standard InChI is InChI=1S/C10H18.C5H8/c1-4-6-8-10(3)9-7-5-2;1-2-4-5-3-1/h4-7,10H,8-9H2,1-3H3;1-2H,3-5H2. The lowest BCUT2D eigenvalue weighted by atomic mass is 10.0. The molecule has 0 heterocycles. The van der Waals surface area contributed by atoms with Crippen molar-refractivity contribution in [3.63, 3.8) is 0 Å². The van der Waals surface area contributed by atoms with Crippen LogP contribution in [-0.2, 0) is 0 Å². The van der Waals surface area contributed by atoms with Gasteiger partial charge in [-0.2, -0.15) is 0 Å². The van der Waals surface area contributed by atoms with Crippen LogP contribution in [0.2, 0.25) is 0 Å². The molecule has 0 unspecified atom stereocenters. The third-order valence-electron chi connectivity index (χ3n) is 2.46. The van der Waals surface area contributed by atoms with Crippen molar-refractivity contribution in [2.45, 2.75) is 52.9 Å². The normalized spacial score (nSPS) is 17.0. The maximum Gasteiger partial charge on any atom is -0.0322 e. The van der Waals surface area contributed by atoms with Gasteiger partial charge >= 0.3 is 0 Å². The average molecular weight is 206 g/mol. The van der Waals surface area contributed by atoms with Gasteiger partial charge in [0.25, 0.3) is 0 Å². The second kappa shape index (κ2) is 11.3. The zero-order chi connectivity index (χ0) is 11.4. The maximum absolute atomic E-state index is 2.28. The van der Waals surface area contributed by atoms with E-state index in [1.165, 1.54) is 32.1 Å². The van der Waals surface area contributed by atoms with Crippen molar-refractivity contribution in [3.8, 4) is 0 Å². The summed E-state index contributed by atoms with van der Waals surface area (Å²) in [6, 6.07) is 0. The van der Waals surface area contributed by atoms with Gasteiger partial charge in [-0.05, 0) is 51.9 Å². The van der Waals surface area contributed by atoms with Gasteiger partial charge in [0.2, 0.25) is 0 Å². The monoisotopic (exact) mass is 206 g/mol. The van der Waals surface area contributed by atoms with Gasteiger partial charge < -0.3 is 0 Å². The predicted molar refractivity (Wildman–Crippen MR) is 71.0 cm³/mol. The Bertz CT molecular complexity index is 176. The maximum atomic E-state index is 2.28. The van der Waals surface area contributed by atoms with Crippen molar-refractivity contribution in [3.05, 3.63) is 36.5 Å². The van der Waals surface area contributed by atoms with Gasteiger partial charge in [-0.3, -0.25) is 0 Å². The summed E-state index contributed by atoms with van der Waals surface area (Å²) in [5, 5.41) is 0. The smallest absolute Gasteiger partial charge is 0.0322 e. The lowest BCUT2D eigenvalue weighted by Crippen LogP contribution is -1.88. The molecule has 0 bridgehead atoms. The Kier molecular flexibility index (Phi) is 10.7. The van der Waals surface area contributed by atoms with Crippen LogP contribution in [-0.4, -0.2) is 0 Å². The molecule has 0 aliphatic heterocycles. The van der Waals surface area contributed by atoms with Crippen molar-refractivity contribution >= 4 is 0 Å². The fourth-order valence-corrected chi connectivity index (χ4v) is 1.42. The highest BCUT2D eigenvalue weighted by Crippen LogP contribution is 2.08. The molecule has 1 aliphatic rings. The highest BCUT2D eigenvalue weighted by molar-refractivity contribution is 4.88. The Hall–Kier alpha value is -0.780. The molecule has 0 heteroatoms. The van der Waals surface area contributed by atoms with Gasteiger partial charge in [-0.15, -0.1) is 0 Å². The van der Waals surface area contributed by atoms with E-state index < -0.39 is 0 Å². The third-order valence-corrected chi connectivity index (χ3v) is 2.46. The lowest BCUT2D eigenvalue weighted by molar-refractivity contribution is 0.602. The van der Waals surface area contributed by atoms with Crippen LogP contribution in [0.1, 0.15) is 52.9 Å². The molecule has 0 saturated carbocycles. The van der Waals surface area contributed by atoms with Gasteiger partial charge in [0.05, 0.1) is 0 Å². The molecule has 0 nitrogen and oxygen atoms in total. The molecule has 86 valence electrons. The van der Waals surface area contributed by atoms with E-state index in [9.17, 15) is 0 Å².